The summed E-state index contributed by atoms with van der Waals surface area (Å²) in [4.78, 5) is 16.7. The van der Waals surface area contributed by atoms with Gasteiger partial charge >= 0.3 is 0 Å². The number of nitrogens with zero attached hydrogens (tertiary/aromatic N) is 1. The molecule has 0 aliphatic heterocycles. The third-order valence-electron chi connectivity index (χ3n) is 5.24. The molecule has 0 aliphatic rings. The number of hydrogen-bond acceptors (Lipinski definition) is 7. The SMILES string of the molecule is COc1ccc(NC(=O)c2cccc(CC(C)(C)NC[C@H](O)c3ccc(N)nc3)c2)cc1O. The Labute approximate surface area is 193 Å². The summed E-state index contributed by atoms with van der Waals surface area (Å²) in [6.07, 6.45) is 1.50. The second kappa shape index (κ2) is 10.3. The van der Waals surface area contributed by atoms with E-state index in [1.807, 2.05) is 32.0 Å². The van der Waals surface area contributed by atoms with Gasteiger partial charge in [-0.2, -0.15) is 0 Å². The molecule has 174 valence electrons. The molecule has 0 bridgehead atoms. The molecule has 1 heterocycles. The number of aromatic nitrogens is 1. The Kier molecular flexibility index (Phi) is 7.52. The van der Waals surface area contributed by atoms with E-state index in [9.17, 15) is 15.0 Å². The minimum atomic E-state index is -0.713. The molecule has 1 aromatic heterocycles. The summed E-state index contributed by atoms with van der Waals surface area (Å²) < 4.78 is 5.02. The highest BCUT2D eigenvalue weighted by molar-refractivity contribution is 6.04. The van der Waals surface area contributed by atoms with Crippen LogP contribution in [-0.2, 0) is 6.42 Å². The highest BCUT2D eigenvalue weighted by Crippen LogP contribution is 2.28. The summed E-state index contributed by atoms with van der Waals surface area (Å²) in [6, 6.07) is 15.5. The normalized spacial score (nSPS) is 12.2. The first-order valence-corrected chi connectivity index (χ1v) is 10.6. The molecule has 3 aromatic rings. The first kappa shape index (κ1) is 24.0. The fraction of sp³-hybridized carbons (Fsp3) is 0.280. The van der Waals surface area contributed by atoms with Crippen molar-refractivity contribution in [3.8, 4) is 11.5 Å². The third kappa shape index (κ3) is 6.68. The van der Waals surface area contributed by atoms with Gasteiger partial charge in [0.2, 0.25) is 0 Å². The number of phenolic OH excluding ortho intramolecular Hbond substituents is 1. The van der Waals surface area contributed by atoms with E-state index >= 15 is 0 Å². The van der Waals surface area contributed by atoms with Crippen molar-refractivity contribution in [3.63, 3.8) is 0 Å². The van der Waals surface area contributed by atoms with Gasteiger partial charge in [-0.1, -0.05) is 18.2 Å². The van der Waals surface area contributed by atoms with Gasteiger partial charge in [0.25, 0.3) is 5.91 Å². The average Bonchev–Trinajstić information content (AvgIpc) is 2.78. The third-order valence-corrected chi connectivity index (χ3v) is 5.24. The smallest absolute Gasteiger partial charge is 0.255 e. The lowest BCUT2D eigenvalue weighted by Gasteiger charge is -2.28. The van der Waals surface area contributed by atoms with E-state index in [1.54, 1.807) is 36.5 Å². The van der Waals surface area contributed by atoms with Gasteiger partial charge in [0.15, 0.2) is 11.5 Å². The number of anilines is 2. The number of carbonyl (C=O) groups excluding carboxylic acids is 1. The molecular formula is C25H30N4O4. The van der Waals surface area contributed by atoms with Gasteiger partial charge in [-0.3, -0.25) is 4.79 Å². The zero-order valence-electron chi connectivity index (χ0n) is 19.0. The largest absolute Gasteiger partial charge is 0.504 e. The van der Waals surface area contributed by atoms with E-state index in [0.29, 0.717) is 41.3 Å². The molecule has 0 aliphatic carbocycles. The number of aliphatic hydroxyl groups is 1. The topological polar surface area (TPSA) is 130 Å². The Balaban J connectivity index is 1.61. The number of pyridine rings is 1. The van der Waals surface area contributed by atoms with Crippen molar-refractivity contribution in [3.05, 3.63) is 77.5 Å². The number of methoxy groups -OCH3 is 1. The fourth-order valence-electron chi connectivity index (χ4n) is 3.47. The fourth-order valence-corrected chi connectivity index (χ4v) is 3.47. The molecule has 0 fully saturated rings. The van der Waals surface area contributed by atoms with Crippen LogP contribution < -0.4 is 21.1 Å². The molecule has 8 heteroatoms. The van der Waals surface area contributed by atoms with Crippen molar-refractivity contribution in [2.24, 2.45) is 0 Å². The highest BCUT2D eigenvalue weighted by atomic mass is 16.5. The number of phenols is 1. The maximum Gasteiger partial charge on any atom is 0.255 e. The number of ether oxygens (including phenoxy) is 1. The van der Waals surface area contributed by atoms with Gasteiger partial charge in [-0.05, 0) is 56.2 Å². The lowest BCUT2D eigenvalue weighted by Crippen LogP contribution is -2.43. The number of nitrogens with two attached hydrogens (primary N) is 1. The summed E-state index contributed by atoms with van der Waals surface area (Å²) >= 11 is 0. The number of rotatable bonds is 9. The summed E-state index contributed by atoms with van der Waals surface area (Å²) in [7, 11) is 1.46. The van der Waals surface area contributed by atoms with Crippen molar-refractivity contribution >= 4 is 17.4 Å². The predicted molar refractivity (Wildman–Crippen MR) is 128 cm³/mol. The number of nitrogen functional groups attached to an aromatic ring is 1. The number of hydrogen-bond donors (Lipinski definition) is 5. The van der Waals surface area contributed by atoms with Crippen LogP contribution in [0.25, 0.3) is 0 Å². The van der Waals surface area contributed by atoms with Gasteiger partial charge < -0.3 is 31.3 Å². The molecule has 0 unspecified atom stereocenters. The Morgan fingerprint density at radius 3 is 2.64 bits per heavy atom. The molecule has 0 spiro atoms. The molecule has 8 nitrogen and oxygen atoms in total. The van der Waals surface area contributed by atoms with Crippen LogP contribution in [-0.4, -0.2) is 40.3 Å². The van der Waals surface area contributed by atoms with Crippen LogP contribution >= 0.6 is 0 Å². The summed E-state index contributed by atoms with van der Waals surface area (Å²) in [5, 5.41) is 26.5. The minimum absolute atomic E-state index is 0.0474. The Morgan fingerprint density at radius 1 is 1.18 bits per heavy atom. The Bertz CT molecular complexity index is 1100. The number of benzene rings is 2. The van der Waals surface area contributed by atoms with Gasteiger partial charge in [-0.25, -0.2) is 4.98 Å². The van der Waals surface area contributed by atoms with E-state index in [-0.39, 0.29) is 17.2 Å². The first-order valence-electron chi connectivity index (χ1n) is 10.6. The van der Waals surface area contributed by atoms with Gasteiger partial charge in [0.1, 0.15) is 5.82 Å². The van der Waals surface area contributed by atoms with Gasteiger partial charge in [-0.15, -0.1) is 0 Å². The zero-order valence-corrected chi connectivity index (χ0v) is 19.0. The predicted octanol–water partition coefficient (Wildman–Crippen LogP) is 3.27. The standard InChI is InChI=1S/C25H30N4O4/c1-25(2,28-15-21(31)18-7-10-23(26)27-14-18)13-16-5-4-6-17(11-16)24(32)29-19-8-9-22(33-3)20(30)12-19/h4-12,14,21,28,30-31H,13,15H2,1-3H3,(H2,26,27)(H,29,32)/t21-/m0/s1. The molecule has 6 N–H and O–H groups in total. The van der Waals surface area contributed by atoms with Crippen LogP contribution in [0, 0.1) is 0 Å². The summed E-state index contributed by atoms with van der Waals surface area (Å²) in [5.74, 6) is 0.418. The van der Waals surface area contributed by atoms with E-state index in [4.69, 9.17) is 10.5 Å². The van der Waals surface area contributed by atoms with Crippen LogP contribution in [0.15, 0.2) is 60.8 Å². The van der Waals surface area contributed by atoms with Gasteiger partial charge in [0, 0.05) is 41.2 Å². The van der Waals surface area contributed by atoms with E-state index in [1.165, 1.54) is 13.2 Å². The maximum atomic E-state index is 12.7. The second-order valence-corrected chi connectivity index (χ2v) is 8.51. The summed E-state index contributed by atoms with van der Waals surface area (Å²) in [6.45, 7) is 4.42. The number of amides is 1. The lowest BCUT2D eigenvalue weighted by molar-refractivity contribution is 0.102. The molecule has 0 saturated carbocycles. The van der Waals surface area contributed by atoms with Crippen molar-refractivity contribution in [2.75, 3.05) is 24.7 Å². The Morgan fingerprint density at radius 2 is 1.97 bits per heavy atom. The molecule has 3 rings (SSSR count). The number of β-amino-alcohol motifs (C(OH)–C–C–N with tert-alkyl or cyclic N) is 1. The van der Waals surface area contributed by atoms with Crippen molar-refractivity contribution in [2.45, 2.75) is 31.9 Å². The van der Waals surface area contributed by atoms with E-state index < -0.39 is 6.10 Å². The van der Waals surface area contributed by atoms with Crippen LogP contribution in [0.5, 0.6) is 11.5 Å². The molecule has 33 heavy (non-hydrogen) atoms. The average molecular weight is 451 g/mol. The van der Waals surface area contributed by atoms with Crippen LogP contribution in [0.3, 0.4) is 0 Å². The Hall–Kier alpha value is -3.62. The molecular weight excluding hydrogens is 420 g/mol. The molecule has 1 amide bonds. The zero-order chi connectivity index (χ0) is 24.0. The van der Waals surface area contributed by atoms with Gasteiger partial charge in [0.05, 0.1) is 13.2 Å². The van der Waals surface area contributed by atoms with Crippen LogP contribution in [0.1, 0.15) is 41.4 Å². The van der Waals surface area contributed by atoms with E-state index in [2.05, 4.69) is 15.6 Å². The van der Waals surface area contributed by atoms with Crippen LogP contribution in [0.4, 0.5) is 11.5 Å². The monoisotopic (exact) mass is 450 g/mol. The quantitative estimate of drug-likeness (QED) is 0.338. The summed E-state index contributed by atoms with van der Waals surface area (Å²) in [5.41, 5.74) is 7.90. The lowest BCUT2D eigenvalue weighted by atomic mass is 9.93. The van der Waals surface area contributed by atoms with Crippen molar-refractivity contribution < 1.29 is 19.7 Å². The highest BCUT2D eigenvalue weighted by Gasteiger charge is 2.21. The van der Waals surface area contributed by atoms with E-state index in [0.717, 1.165) is 5.56 Å². The van der Waals surface area contributed by atoms with Crippen LogP contribution in [0.2, 0.25) is 0 Å². The second-order valence-electron chi connectivity index (χ2n) is 8.51. The number of carbonyl (C=O) groups is 1. The number of nitrogens with one attached hydrogen (secondary N) is 2. The first-order chi connectivity index (χ1) is 15.7. The minimum Gasteiger partial charge on any atom is -0.504 e. The van der Waals surface area contributed by atoms with Crippen molar-refractivity contribution in [1.82, 2.24) is 10.3 Å². The molecule has 0 saturated heterocycles. The maximum absolute atomic E-state index is 12.7. The van der Waals surface area contributed by atoms with Crippen molar-refractivity contribution in [1.29, 1.82) is 0 Å². The molecule has 2 aromatic carbocycles. The molecule has 0 radical (unpaired) electrons. The number of aliphatic hydroxyl groups excluding tert-OH is 1. The molecule has 1 atom stereocenters. The number of aromatic hydroxyl groups is 1.